The molecule has 2 aliphatic rings. The van der Waals surface area contributed by atoms with E-state index in [-0.39, 0.29) is 11.2 Å². The van der Waals surface area contributed by atoms with Gasteiger partial charge >= 0.3 is 0 Å². The van der Waals surface area contributed by atoms with Crippen LogP contribution < -0.4 is 5.43 Å². The molecule has 2 aromatic rings. The molecule has 1 aliphatic heterocycles. The lowest BCUT2D eigenvalue weighted by molar-refractivity contribution is -0.0137. The van der Waals surface area contributed by atoms with Gasteiger partial charge in [0.25, 0.3) is 0 Å². The second kappa shape index (κ2) is 5.05. The van der Waals surface area contributed by atoms with Crippen molar-refractivity contribution in [2.75, 3.05) is 0 Å². The number of hydrogen-bond donors (Lipinski definition) is 2. The summed E-state index contributed by atoms with van der Waals surface area (Å²) in [5.41, 5.74) is 1.31. The molecule has 0 amide bonds. The van der Waals surface area contributed by atoms with Crippen LogP contribution >= 0.6 is 0 Å². The summed E-state index contributed by atoms with van der Waals surface area (Å²) in [7, 11) is 0. The Balaban J connectivity index is 1.63. The first-order valence-corrected chi connectivity index (χ1v) is 7.37. The van der Waals surface area contributed by atoms with Gasteiger partial charge in [-0.1, -0.05) is 30.3 Å². The van der Waals surface area contributed by atoms with Crippen molar-refractivity contribution in [1.29, 1.82) is 0 Å². The lowest BCUT2D eigenvalue weighted by Gasteiger charge is -2.21. The molecule has 4 rings (SSSR count). The van der Waals surface area contributed by atoms with Crippen LogP contribution in [0.2, 0.25) is 0 Å². The van der Waals surface area contributed by atoms with E-state index < -0.39 is 24.4 Å². The number of hydrogen-bond acceptors (Lipinski definition) is 5. The van der Waals surface area contributed by atoms with E-state index in [2.05, 4.69) is 0 Å². The fourth-order valence-corrected chi connectivity index (χ4v) is 3.06. The van der Waals surface area contributed by atoms with Gasteiger partial charge in [-0.3, -0.25) is 4.79 Å². The standard InChI is InChI=1S/C17H16O5/c18-11-8-10(7-6-9-4-2-1-3-5-9)21-15-12(11)16-17(22-16)14(20)13(15)19/h1-5,8,13-14,16-17,19-20H,6-7H2. The van der Waals surface area contributed by atoms with E-state index in [0.717, 1.165) is 12.0 Å². The zero-order chi connectivity index (χ0) is 15.3. The second-order valence-corrected chi connectivity index (χ2v) is 5.80. The van der Waals surface area contributed by atoms with Crippen LogP contribution in [0.4, 0.5) is 0 Å². The topological polar surface area (TPSA) is 83.2 Å². The van der Waals surface area contributed by atoms with Crippen LogP contribution in [0.5, 0.6) is 0 Å². The van der Waals surface area contributed by atoms with Crippen molar-refractivity contribution < 1.29 is 19.4 Å². The molecule has 1 aromatic heterocycles. The normalized spacial score (nSPS) is 28.8. The molecule has 5 nitrogen and oxygen atoms in total. The quantitative estimate of drug-likeness (QED) is 0.834. The van der Waals surface area contributed by atoms with Gasteiger partial charge < -0.3 is 19.4 Å². The van der Waals surface area contributed by atoms with Crippen molar-refractivity contribution in [2.45, 2.75) is 37.3 Å². The lowest BCUT2D eigenvalue weighted by atomic mass is 9.92. The third-order valence-corrected chi connectivity index (χ3v) is 4.31. The van der Waals surface area contributed by atoms with Crippen molar-refractivity contribution >= 4 is 0 Å². The number of epoxide rings is 1. The number of rotatable bonds is 3. The molecule has 2 heterocycles. The van der Waals surface area contributed by atoms with Crippen LogP contribution in [-0.4, -0.2) is 22.4 Å². The maximum atomic E-state index is 12.3. The molecule has 22 heavy (non-hydrogen) atoms. The molecule has 5 heteroatoms. The van der Waals surface area contributed by atoms with Gasteiger partial charge in [-0.05, 0) is 12.0 Å². The molecular formula is C17H16O5. The molecule has 4 unspecified atom stereocenters. The van der Waals surface area contributed by atoms with Crippen LogP contribution in [0.25, 0.3) is 0 Å². The molecule has 114 valence electrons. The predicted molar refractivity (Wildman–Crippen MR) is 77.4 cm³/mol. The molecule has 1 aromatic carbocycles. The first-order valence-electron chi connectivity index (χ1n) is 7.37. The van der Waals surface area contributed by atoms with Gasteiger partial charge in [-0.25, -0.2) is 0 Å². The number of benzene rings is 1. The van der Waals surface area contributed by atoms with Crippen molar-refractivity contribution in [3.63, 3.8) is 0 Å². The minimum Gasteiger partial charge on any atom is -0.463 e. The Hall–Kier alpha value is -1.95. The lowest BCUT2D eigenvalue weighted by Crippen LogP contribution is -2.32. The van der Waals surface area contributed by atoms with Crippen LogP contribution in [0.1, 0.15) is 34.9 Å². The summed E-state index contributed by atoms with van der Waals surface area (Å²) in [5, 5.41) is 20.0. The number of aliphatic hydroxyl groups is 2. The summed E-state index contributed by atoms with van der Waals surface area (Å²) in [6, 6.07) is 11.4. The van der Waals surface area contributed by atoms with E-state index >= 15 is 0 Å². The smallest absolute Gasteiger partial charge is 0.191 e. The minimum absolute atomic E-state index is 0.154. The molecule has 1 fully saturated rings. The molecule has 0 spiro atoms. The van der Waals surface area contributed by atoms with Gasteiger partial charge in [0.15, 0.2) is 5.43 Å². The SMILES string of the molecule is O=c1cc(CCc2ccccc2)oc2c1C1OC1C(O)C2O. The fraction of sp³-hybridized carbons (Fsp3) is 0.353. The first kappa shape index (κ1) is 13.7. The maximum absolute atomic E-state index is 12.3. The average Bonchev–Trinajstić information content (AvgIpc) is 3.32. The van der Waals surface area contributed by atoms with Gasteiger partial charge in [-0.2, -0.15) is 0 Å². The van der Waals surface area contributed by atoms with Crippen molar-refractivity contribution in [2.24, 2.45) is 0 Å². The molecule has 2 N–H and O–H groups in total. The number of fused-ring (bicyclic) bond motifs is 3. The highest BCUT2D eigenvalue weighted by atomic mass is 16.6. The summed E-state index contributed by atoms with van der Waals surface area (Å²) in [6.45, 7) is 0. The molecule has 4 atom stereocenters. The van der Waals surface area contributed by atoms with Gasteiger partial charge in [0, 0.05) is 12.5 Å². The highest BCUT2D eigenvalue weighted by Gasteiger charge is 2.56. The van der Waals surface area contributed by atoms with Crippen LogP contribution in [0, 0.1) is 0 Å². The van der Waals surface area contributed by atoms with Gasteiger partial charge in [0.1, 0.15) is 35.9 Å². The zero-order valence-electron chi connectivity index (χ0n) is 11.8. The summed E-state index contributed by atoms with van der Waals surface area (Å²) in [5.74, 6) is 0.666. The summed E-state index contributed by atoms with van der Waals surface area (Å²) < 4.78 is 11.0. The van der Waals surface area contributed by atoms with E-state index in [9.17, 15) is 15.0 Å². The Morgan fingerprint density at radius 3 is 2.64 bits per heavy atom. The first-order chi connectivity index (χ1) is 10.6. The minimum atomic E-state index is -1.21. The molecule has 1 saturated heterocycles. The van der Waals surface area contributed by atoms with Gasteiger partial charge in [0.2, 0.25) is 0 Å². The molecular weight excluding hydrogens is 284 g/mol. The van der Waals surface area contributed by atoms with Crippen molar-refractivity contribution in [3.05, 3.63) is 69.3 Å². The van der Waals surface area contributed by atoms with Crippen LogP contribution in [-0.2, 0) is 17.6 Å². The van der Waals surface area contributed by atoms with Crippen LogP contribution in [0.3, 0.4) is 0 Å². The Morgan fingerprint density at radius 1 is 1.09 bits per heavy atom. The average molecular weight is 300 g/mol. The zero-order valence-corrected chi connectivity index (χ0v) is 11.8. The van der Waals surface area contributed by atoms with Crippen molar-refractivity contribution in [1.82, 2.24) is 0 Å². The predicted octanol–water partition coefficient (Wildman–Crippen LogP) is 1.27. The van der Waals surface area contributed by atoms with E-state index in [1.165, 1.54) is 6.07 Å². The number of aryl methyl sites for hydroxylation is 2. The maximum Gasteiger partial charge on any atom is 0.191 e. The van der Waals surface area contributed by atoms with Gasteiger partial charge in [0.05, 0.1) is 5.56 Å². The van der Waals surface area contributed by atoms with E-state index in [4.69, 9.17) is 9.15 Å². The Labute approximate surface area is 126 Å². The third kappa shape index (κ3) is 2.18. The van der Waals surface area contributed by atoms with E-state index in [1.807, 2.05) is 30.3 Å². The monoisotopic (exact) mass is 300 g/mol. The molecule has 0 bridgehead atoms. The molecule has 1 aliphatic carbocycles. The van der Waals surface area contributed by atoms with Crippen molar-refractivity contribution in [3.8, 4) is 0 Å². The number of ether oxygens (including phenoxy) is 1. The van der Waals surface area contributed by atoms with Crippen LogP contribution in [0.15, 0.2) is 45.6 Å². The summed E-state index contributed by atoms with van der Waals surface area (Å²) >= 11 is 0. The Morgan fingerprint density at radius 2 is 1.86 bits per heavy atom. The summed E-state index contributed by atoms with van der Waals surface area (Å²) in [6.07, 6.45) is -1.87. The Bertz CT molecular complexity index is 751. The highest BCUT2D eigenvalue weighted by Crippen LogP contribution is 2.49. The fourth-order valence-electron chi connectivity index (χ4n) is 3.06. The molecule has 0 saturated carbocycles. The van der Waals surface area contributed by atoms with E-state index in [1.54, 1.807) is 0 Å². The third-order valence-electron chi connectivity index (χ3n) is 4.31. The number of aliphatic hydroxyl groups excluding tert-OH is 2. The van der Waals surface area contributed by atoms with E-state index in [0.29, 0.717) is 17.7 Å². The highest BCUT2D eigenvalue weighted by molar-refractivity contribution is 5.33. The Kier molecular flexibility index (Phi) is 3.14. The second-order valence-electron chi connectivity index (χ2n) is 5.80. The van der Waals surface area contributed by atoms with Gasteiger partial charge in [-0.15, -0.1) is 0 Å². The molecule has 0 radical (unpaired) electrons. The largest absolute Gasteiger partial charge is 0.463 e. The summed E-state index contributed by atoms with van der Waals surface area (Å²) in [4.78, 5) is 12.3.